The molecule has 2 nitrogen and oxygen atoms in total. The number of nitrogens with one attached hydrogen (secondary N) is 1. The SMILES string of the molecule is CCC(CC)(CBr)NC(=O)c1ccsc1. The number of alkyl halides is 1. The molecule has 0 aliphatic heterocycles. The Balaban J connectivity index is 2.71. The quantitative estimate of drug-likeness (QED) is 0.827. The molecule has 1 aromatic heterocycles. The zero-order valence-corrected chi connectivity index (χ0v) is 11.5. The molecule has 15 heavy (non-hydrogen) atoms. The third kappa shape index (κ3) is 3.05. The van der Waals surface area contributed by atoms with E-state index in [1.54, 1.807) is 11.3 Å². The van der Waals surface area contributed by atoms with E-state index in [0.717, 1.165) is 23.7 Å². The van der Waals surface area contributed by atoms with Crippen LogP contribution in [0.25, 0.3) is 0 Å². The van der Waals surface area contributed by atoms with Crippen molar-refractivity contribution in [3.05, 3.63) is 22.4 Å². The maximum atomic E-state index is 11.9. The van der Waals surface area contributed by atoms with E-state index in [0.29, 0.717) is 0 Å². The van der Waals surface area contributed by atoms with Crippen LogP contribution in [0.4, 0.5) is 0 Å². The van der Waals surface area contributed by atoms with Gasteiger partial charge in [-0.15, -0.1) is 0 Å². The fourth-order valence-corrected chi connectivity index (χ4v) is 2.92. The highest BCUT2D eigenvalue weighted by atomic mass is 79.9. The molecule has 0 saturated heterocycles. The first-order chi connectivity index (χ1) is 7.17. The highest BCUT2D eigenvalue weighted by Crippen LogP contribution is 2.19. The van der Waals surface area contributed by atoms with Gasteiger partial charge in [-0.1, -0.05) is 29.8 Å². The number of thiophene rings is 1. The fourth-order valence-electron chi connectivity index (χ4n) is 1.36. The first-order valence-electron chi connectivity index (χ1n) is 5.08. The summed E-state index contributed by atoms with van der Waals surface area (Å²) in [6.07, 6.45) is 1.87. The van der Waals surface area contributed by atoms with Gasteiger partial charge in [-0.25, -0.2) is 0 Å². The van der Waals surface area contributed by atoms with Crippen molar-refractivity contribution in [1.82, 2.24) is 5.32 Å². The zero-order chi connectivity index (χ0) is 11.3. The molecule has 1 N–H and O–H groups in total. The van der Waals surface area contributed by atoms with Crippen LogP contribution in [0.3, 0.4) is 0 Å². The summed E-state index contributed by atoms with van der Waals surface area (Å²) in [5.41, 5.74) is 0.645. The lowest BCUT2D eigenvalue weighted by molar-refractivity contribution is 0.0904. The first kappa shape index (κ1) is 12.7. The van der Waals surface area contributed by atoms with Gasteiger partial charge >= 0.3 is 0 Å². The largest absolute Gasteiger partial charge is 0.346 e. The van der Waals surface area contributed by atoms with E-state index in [-0.39, 0.29) is 11.4 Å². The summed E-state index contributed by atoms with van der Waals surface area (Å²) in [5, 5.41) is 7.69. The van der Waals surface area contributed by atoms with Crippen LogP contribution in [0.5, 0.6) is 0 Å². The summed E-state index contributed by atoms with van der Waals surface area (Å²) in [6.45, 7) is 4.19. The van der Waals surface area contributed by atoms with Gasteiger partial charge in [0, 0.05) is 16.2 Å². The van der Waals surface area contributed by atoms with Gasteiger partial charge in [-0.05, 0) is 24.3 Å². The van der Waals surface area contributed by atoms with Crippen molar-refractivity contribution in [2.75, 3.05) is 5.33 Å². The van der Waals surface area contributed by atoms with E-state index in [1.165, 1.54) is 0 Å². The van der Waals surface area contributed by atoms with E-state index in [2.05, 4.69) is 35.1 Å². The van der Waals surface area contributed by atoms with E-state index >= 15 is 0 Å². The van der Waals surface area contributed by atoms with Gasteiger partial charge < -0.3 is 5.32 Å². The third-order valence-corrected chi connectivity index (χ3v) is 4.53. The Morgan fingerprint density at radius 3 is 2.60 bits per heavy atom. The van der Waals surface area contributed by atoms with Gasteiger partial charge in [0.05, 0.1) is 5.56 Å². The second-order valence-corrected chi connectivity index (χ2v) is 4.93. The molecule has 0 radical (unpaired) electrons. The maximum Gasteiger partial charge on any atom is 0.252 e. The van der Waals surface area contributed by atoms with Crippen molar-refractivity contribution in [3.8, 4) is 0 Å². The standard InChI is InChI=1S/C11H16BrNOS/c1-3-11(4-2,8-12)13-10(14)9-5-6-15-7-9/h5-7H,3-4,8H2,1-2H3,(H,13,14). The monoisotopic (exact) mass is 289 g/mol. The Hall–Kier alpha value is -0.350. The van der Waals surface area contributed by atoms with Gasteiger partial charge in [0.2, 0.25) is 0 Å². The number of halogens is 1. The molecule has 1 rings (SSSR count). The lowest BCUT2D eigenvalue weighted by Crippen LogP contribution is -2.49. The van der Waals surface area contributed by atoms with Gasteiger partial charge in [0.15, 0.2) is 0 Å². The van der Waals surface area contributed by atoms with E-state index in [4.69, 9.17) is 0 Å². The molecule has 84 valence electrons. The molecule has 0 saturated carbocycles. The van der Waals surface area contributed by atoms with E-state index in [1.807, 2.05) is 16.8 Å². The molecule has 0 aliphatic rings. The van der Waals surface area contributed by atoms with Gasteiger partial charge in [0.25, 0.3) is 5.91 Å². The Morgan fingerprint density at radius 1 is 1.53 bits per heavy atom. The van der Waals surface area contributed by atoms with Crippen molar-refractivity contribution in [1.29, 1.82) is 0 Å². The highest BCUT2D eigenvalue weighted by molar-refractivity contribution is 9.09. The minimum atomic E-state index is -0.112. The van der Waals surface area contributed by atoms with Crippen LogP contribution in [0, 0.1) is 0 Å². The molecule has 1 amide bonds. The summed E-state index contributed by atoms with van der Waals surface area (Å²) >= 11 is 5.02. The maximum absolute atomic E-state index is 11.9. The number of hydrogen-bond acceptors (Lipinski definition) is 2. The number of hydrogen-bond donors (Lipinski definition) is 1. The second-order valence-electron chi connectivity index (χ2n) is 3.59. The van der Waals surface area contributed by atoms with Gasteiger partial charge in [0.1, 0.15) is 0 Å². The second kappa shape index (κ2) is 5.66. The Bertz CT molecular complexity index is 298. The van der Waals surface area contributed by atoms with Crippen molar-refractivity contribution < 1.29 is 4.79 Å². The van der Waals surface area contributed by atoms with Crippen LogP contribution in [0.2, 0.25) is 0 Å². The van der Waals surface area contributed by atoms with Crippen LogP contribution in [0.15, 0.2) is 16.8 Å². The molecular weight excluding hydrogens is 274 g/mol. The predicted molar refractivity (Wildman–Crippen MR) is 68.9 cm³/mol. The third-order valence-electron chi connectivity index (χ3n) is 2.77. The summed E-state index contributed by atoms with van der Waals surface area (Å²) in [7, 11) is 0. The Morgan fingerprint density at radius 2 is 2.20 bits per heavy atom. The van der Waals surface area contributed by atoms with Crippen molar-refractivity contribution in [2.24, 2.45) is 0 Å². The van der Waals surface area contributed by atoms with Crippen molar-refractivity contribution in [2.45, 2.75) is 32.2 Å². The molecule has 1 heterocycles. The molecule has 4 heteroatoms. The molecule has 0 unspecified atom stereocenters. The molecule has 0 spiro atoms. The lowest BCUT2D eigenvalue weighted by atomic mass is 9.95. The predicted octanol–water partition coefficient (Wildman–Crippen LogP) is 3.43. The number of carbonyl (C=O) groups excluding carboxylic acids is 1. The topological polar surface area (TPSA) is 29.1 Å². The molecule has 1 aromatic rings. The van der Waals surface area contributed by atoms with Crippen molar-refractivity contribution >= 4 is 33.2 Å². The molecular formula is C11H16BrNOS. The Labute approximate surface area is 103 Å². The average molecular weight is 290 g/mol. The molecule has 0 fully saturated rings. The number of rotatable bonds is 5. The minimum Gasteiger partial charge on any atom is -0.346 e. The Kier molecular flexibility index (Phi) is 4.80. The lowest BCUT2D eigenvalue weighted by Gasteiger charge is -2.30. The summed E-state index contributed by atoms with van der Waals surface area (Å²) < 4.78 is 0. The number of amides is 1. The molecule has 0 bridgehead atoms. The molecule has 0 aromatic carbocycles. The zero-order valence-electron chi connectivity index (χ0n) is 9.05. The van der Waals surface area contributed by atoms with E-state index < -0.39 is 0 Å². The summed E-state index contributed by atoms with van der Waals surface area (Å²) in [4.78, 5) is 11.9. The summed E-state index contributed by atoms with van der Waals surface area (Å²) in [5.74, 6) is 0.0272. The van der Waals surface area contributed by atoms with Gasteiger partial charge in [-0.3, -0.25) is 4.79 Å². The van der Waals surface area contributed by atoms with Crippen LogP contribution >= 0.6 is 27.3 Å². The van der Waals surface area contributed by atoms with Crippen LogP contribution in [-0.2, 0) is 0 Å². The van der Waals surface area contributed by atoms with Crippen LogP contribution in [-0.4, -0.2) is 16.8 Å². The molecule has 0 atom stereocenters. The van der Waals surface area contributed by atoms with Crippen molar-refractivity contribution in [3.63, 3.8) is 0 Å². The highest BCUT2D eigenvalue weighted by Gasteiger charge is 2.27. The fraction of sp³-hybridized carbons (Fsp3) is 0.545. The number of carbonyl (C=O) groups is 1. The smallest absolute Gasteiger partial charge is 0.252 e. The summed E-state index contributed by atoms with van der Waals surface area (Å²) in [6, 6.07) is 1.85. The van der Waals surface area contributed by atoms with Crippen LogP contribution in [0.1, 0.15) is 37.0 Å². The van der Waals surface area contributed by atoms with E-state index in [9.17, 15) is 4.79 Å². The minimum absolute atomic E-state index is 0.0272. The molecule has 0 aliphatic carbocycles. The average Bonchev–Trinajstić information content (AvgIpc) is 2.79. The normalized spacial score (nSPS) is 11.4. The first-order valence-corrected chi connectivity index (χ1v) is 7.14. The van der Waals surface area contributed by atoms with Crippen LogP contribution < -0.4 is 5.32 Å². The van der Waals surface area contributed by atoms with Gasteiger partial charge in [-0.2, -0.15) is 11.3 Å².